The standard InChI is InChI=1S/C54H84O4/c1-3-5-45-57-53(55)43-31-27-23-19-15-11-7-9-13-17-21-25-29-37-47-49-39-33-35-41-51(49)48(52-42-36-34-40-50(47)52)38-30-26-22-18-14-10-8-12-16-20-24-28-32-44-54(56)58-46-6-4-2/h33-42H,3-32,43-46H2,1-2H3. The van der Waals surface area contributed by atoms with Gasteiger partial charge in [0.25, 0.3) is 0 Å². The highest BCUT2D eigenvalue weighted by Gasteiger charge is 2.06. The SMILES string of the molecule is CCCCOC(=O)CCCCCCCCCCCCCCC=c1c2ccccc2c(=CCCCCCCCCCCCCCCC(=O)OCCCC)c2ccccc12. The van der Waals surface area contributed by atoms with Gasteiger partial charge in [-0.3, -0.25) is 9.59 Å². The number of carbonyl (C=O) groups is 2. The quantitative estimate of drug-likeness (QED) is 0.0334. The Hall–Kier alpha value is -3.14. The molecule has 0 saturated carbocycles. The van der Waals surface area contributed by atoms with Crippen LogP contribution in [0.25, 0.3) is 33.7 Å². The Morgan fingerprint density at radius 2 is 0.638 bits per heavy atom. The van der Waals surface area contributed by atoms with E-state index in [9.17, 15) is 9.59 Å². The molecule has 3 rings (SSSR count). The summed E-state index contributed by atoms with van der Waals surface area (Å²) in [4.78, 5) is 23.4. The van der Waals surface area contributed by atoms with E-state index >= 15 is 0 Å². The molecule has 3 aromatic carbocycles. The van der Waals surface area contributed by atoms with Crippen molar-refractivity contribution >= 4 is 45.6 Å². The zero-order valence-electron chi connectivity index (χ0n) is 37.4. The zero-order chi connectivity index (χ0) is 41.1. The van der Waals surface area contributed by atoms with Gasteiger partial charge in [0.05, 0.1) is 13.2 Å². The van der Waals surface area contributed by atoms with Gasteiger partial charge in [-0.05, 0) is 83.3 Å². The lowest BCUT2D eigenvalue weighted by Gasteiger charge is -2.08. The summed E-state index contributed by atoms with van der Waals surface area (Å²) in [6.07, 6.45) is 43.4. The van der Waals surface area contributed by atoms with E-state index in [1.807, 2.05) is 0 Å². The van der Waals surface area contributed by atoms with Crippen molar-refractivity contribution in [3.05, 3.63) is 59.0 Å². The monoisotopic (exact) mass is 797 g/mol. The van der Waals surface area contributed by atoms with Crippen molar-refractivity contribution in [3.8, 4) is 0 Å². The van der Waals surface area contributed by atoms with Gasteiger partial charge in [0.2, 0.25) is 0 Å². The minimum atomic E-state index is -0.0127. The molecule has 0 radical (unpaired) electrons. The Balaban J connectivity index is 1.28. The summed E-state index contributed by atoms with van der Waals surface area (Å²) in [6, 6.07) is 18.2. The highest BCUT2D eigenvalue weighted by Crippen LogP contribution is 2.18. The van der Waals surface area contributed by atoms with Gasteiger partial charge in [0.1, 0.15) is 0 Å². The lowest BCUT2D eigenvalue weighted by Crippen LogP contribution is -2.14. The molecule has 0 spiro atoms. The predicted molar refractivity (Wildman–Crippen MR) is 251 cm³/mol. The molecule has 0 bridgehead atoms. The van der Waals surface area contributed by atoms with Crippen LogP contribution in [-0.2, 0) is 19.1 Å². The van der Waals surface area contributed by atoms with Gasteiger partial charge < -0.3 is 9.47 Å². The second kappa shape index (κ2) is 33.7. The molecule has 0 amide bonds. The first kappa shape index (κ1) is 49.2. The smallest absolute Gasteiger partial charge is 0.305 e. The Morgan fingerprint density at radius 1 is 0.379 bits per heavy atom. The van der Waals surface area contributed by atoms with E-state index in [2.05, 4.69) is 74.5 Å². The molecule has 0 heterocycles. The Morgan fingerprint density at radius 3 is 0.914 bits per heavy atom. The number of esters is 2. The van der Waals surface area contributed by atoms with Crippen molar-refractivity contribution in [1.29, 1.82) is 0 Å². The first-order valence-electron chi connectivity index (χ1n) is 24.6. The van der Waals surface area contributed by atoms with Crippen LogP contribution in [0, 0.1) is 0 Å². The second-order valence-electron chi connectivity index (χ2n) is 17.0. The van der Waals surface area contributed by atoms with Gasteiger partial charge in [-0.15, -0.1) is 0 Å². The van der Waals surface area contributed by atoms with Gasteiger partial charge in [0, 0.05) is 12.8 Å². The number of rotatable bonds is 36. The molecule has 0 aromatic heterocycles. The highest BCUT2D eigenvalue weighted by molar-refractivity contribution is 6.00. The predicted octanol–water partition coefficient (Wildman–Crippen LogP) is 15.2. The molecule has 0 saturated heterocycles. The summed E-state index contributed by atoms with van der Waals surface area (Å²) in [6.45, 7) is 5.41. The van der Waals surface area contributed by atoms with E-state index in [0.29, 0.717) is 26.1 Å². The minimum absolute atomic E-state index is 0.0127. The van der Waals surface area contributed by atoms with Gasteiger partial charge in [-0.25, -0.2) is 0 Å². The third-order valence-corrected chi connectivity index (χ3v) is 11.9. The van der Waals surface area contributed by atoms with Crippen LogP contribution in [0.2, 0.25) is 0 Å². The highest BCUT2D eigenvalue weighted by atomic mass is 16.5. The third kappa shape index (κ3) is 21.7. The number of hydrogen-bond donors (Lipinski definition) is 0. The molecular weight excluding hydrogens is 713 g/mol. The molecule has 0 atom stereocenters. The number of benzene rings is 3. The number of carbonyl (C=O) groups excluding carboxylic acids is 2. The topological polar surface area (TPSA) is 52.6 Å². The summed E-state index contributed by atoms with van der Waals surface area (Å²) in [5, 5.41) is 8.46. The number of fused-ring (bicyclic) bond motifs is 2. The lowest BCUT2D eigenvalue weighted by atomic mass is 9.96. The van der Waals surface area contributed by atoms with E-state index in [1.54, 1.807) is 0 Å². The maximum absolute atomic E-state index is 11.7. The number of ether oxygens (including phenoxy) is 2. The molecule has 4 heteroatoms. The van der Waals surface area contributed by atoms with Crippen molar-refractivity contribution in [2.24, 2.45) is 0 Å². The Bertz CT molecular complexity index is 1440. The normalized spacial score (nSPS) is 11.3. The molecule has 3 aromatic rings. The van der Waals surface area contributed by atoms with Crippen LogP contribution in [0.3, 0.4) is 0 Å². The van der Waals surface area contributed by atoms with Gasteiger partial charge >= 0.3 is 11.9 Å². The minimum Gasteiger partial charge on any atom is -0.466 e. The van der Waals surface area contributed by atoms with Crippen molar-refractivity contribution < 1.29 is 19.1 Å². The van der Waals surface area contributed by atoms with Crippen LogP contribution < -0.4 is 10.4 Å². The summed E-state index contributed by atoms with van der Waals surface area (Å²) < 4.78 is 10.5. The van der Waals surface area contributed by atoms with Crippen LogP contribution >= 0.6 is 0 Å². The van der Waals surface area contributed by atoms with Crippen LogP contribution in [0.15, 0.2) is 48.5 Å². The van der Waals surface area contributed by atoms with Crippen molar-refractivity contribution in [2.45, 2.75) is 219 Å². The molecule has 324 valence electrons. The van der Waals surface area contributed by atoms with E-state index < -0.39 is 0 Å². The average molecular weight is 797 g/mol. The van der Waals surface area contributed by atoms with Gasteiger partial charge in [0.15, 0.2) is 0 Å². The zero-order valence-corrected chi connectivity index (χ0v) is 37.4. The summed E-state index contributed by atoms with van der Waals surface area (Å²) in [5.41, 5.74) is 0. The molecule has 4 nitrogen and oxygen atoms in total. The number of unbranched alkanes of at least 4 members (excludes halogenated alkanes) is 26. The first-order chi connectivity index (χ1) is 28.7. The molecule has 0 aliphatic heterocycles. The summed E-state index contributed by atoms with van der Waals surface area (Å²) >= 11 is 0. The summed E-state index contributed by atoms with van der Waals surface area (Å²) in [5.74, 6) is -0.0254. The van der Waals surface area contributed by atoms with Crippen molar-refractivity contribution in [3.63, 3.8) is 0 Å². The van der Waals surface area contributed by atoms with E-state index in [-0.39, 0.29) is 11.9 Å². The number of hydrogen-bond acceptors (Lipinski definition) is 4. The fourth-order valence-electron chi connectivity index (χ4n) is 8.30. The molecule has 0 aliphatic rings. The molecule has 58 heavy (non-hydrogen) atoms. The van der Waals surface area contributed by atoms with E-state index in [4.69, 9.17) is 9.47 Å². The largest absolute Gasteiger partial charge is 0.466 e. The van der Waals surface area contributed by atoms with E-state index in [1.165, 1.54) is 160 Å². The lowest BCUT2D eigenvalue weighted by molar-refractivity contribution is -0.144. The third-order valence-electron chi connectivity index (χ3n) is 11.9. The fourth-order valence-corrected chi connectivity index (χ4v) is 8.30. The van der Waals surface area contributed by atoms with Gasteiger partial charge in [-0.1, -0.05) is 216 Å². The maximum atomic E-state index is 11.7. The van der Waals surface area contributed by atoms with Crippen molar-refractivity contribution in [2.75, 3.05) is 13.2 Å². The molecule has 0 aliphatic carbocycles. The van der Waals surface area contributed by atoms with Crippen LogP contribution in [0.4, 0.5) is 0 Å². The Labute approximate surface area is 355 Å². The molecule has 0 N–H and O–H groups in total. The average Bonchev–Trinajstić information content (AvgIpc) is 3.24. The van der Waals surface area contributed by atoms with Crippen molar-refractivity contribution in [1.82, 2.24) is 0 Å². The molecule has 0 unspecified atom stereocenters. The van der Waals surface area contributed by atoms with Crippen LogP contribution in [-0.4, -0.2) is 25.2 Å². The Kier molecular flexibility index (Phi) is 28.6. The maximum Gasteiger partial charge on any atom is 0.305 e. The second-order valence-corrected chi connectivity index (χ2v) is 17.0. The van der Waals surface area contributed by atoms with Crippen LogP contribution in [0.1, 0.15) is 219 Å². The molecule has 0 fully saturated rings. The van der Waals surface area contributed by atoms with E-state index in [0.717, 1.165) is 64.2 Å². The first-order valence-corrected chi connectivity index (χ1v) is 24.6. The molecular formula is C54H84O4. The fraction of sp³-hybridized carbons (Fsp3) is 0.667. The summed E-state index contributed by atoms with van der Waals surface area (Å²) in [7, 11) is 0. The van der Waals surface area contributed by atoms with Gasteiger partial charge in [-0.2, -0.15) is 0 Å². The van der Waals surface area contributed by atoms with Crippen LogP contribution in [0.5, 0.6) is 0 Å².